The summed E-state index contributed by atoms with van der Waals surface area (Å²) < 4.78 is 44.9. The molecule has 1 rings (SSSR count). The van der Waals surface area contributed by atoms with Crippen molar-refractivity contribution in [3.63, 3.8) is 0 Å². The van der Waals surface area contributed by atoms with E-state index in [0.29, 0.717) is 6.42 Å². The van der Waals surface area contributed by atoms with Crippen molar-refractivity contribution in [1.29, 1.82) is 10.5 Å². The summed E-state index contributed by atoms with van der Waals surface area (Å²) in [7, 11) is 0. The largest absolute Gasteiger partial charge is 0.488 e. The van der Waals surface area contributed by atoms with Gasteiger partial charge in [-0.3, -0.25) is 0 Å². The van der Waals surface area contributed by atoms with Crippen LogP contribution in [0.4, 0.5) is 13.2 Å². The predicted molar refractivity (Wildman–Crippen MR) is 51.5 cm³/mol. The van der Waals surface area contributed by atoms with Crippen LogP contribution in [-0.2, 0) is 0 Å². The molecule has 0 unspecified atom stereocenters. The predicted octanol–water partition coefficient (Wildman–Crippen LogP) is 2.64. The molecule has 0 heterocycles. The second-order valence-electron chi connectivity index (χ2n) is 3.09. The highest BCUT2D eigenvalue weighted by Crippen LogP contribution is 2.30. The van der Waals surface area contributed by atoms with Crippen molar-refractivity contribution in [2.45, 2.75) is 13.3 Å². The van der Waals surface area contributed by atoms with E-state index in [1.165, 1.54) is 12.1 Å². The van der Waals surface area contributed by atoms with Gasteiger partial charge in [-0.2, -0.15) is 14.9 Å². The number of benzene rings is 1. The highest BCUT2D eigenvalue weighted by atomic mass is 19.2. The number of nitriles is 2. The number of hydrogen-bond acceptors (Lipinski definition) is 3. The van der Waals surface area contributed by atoms with Gasteiger partial charge in [-0.15, -0.1) is 0 Å². The van der Waals surface area contributed by atoms with Gasteiger partial charge in [0.2, 0.25) is 5.82 Å². The van der Waals surface area contributed by atoms with Gasteiger partial charge < -0.3 is 4.74 Å². The number of halogens is 3. The highest BCUT2D eigenvalue weighted by molar-refractivity contribution is 5.52. The number of ether oxygens (including phenoxy) is 1. The Morgan fingerprint density at radius 2 is 1.53 bits per heavy atom. The van der Waals surface area contributed by atoms with E-state index in [-0.39, 0.29) is 6.61 Å². The summed E-state index contributed by atoms with van der Waals surface area (Å²) in [6.45, 7) is 1.67. The Bertz CT molecular complexity index is 529. The lowest BCUT2D eigenvalue weighted by Crippen LogP contribution is -2.07. The van der Waals surface area contributed by atoms with Crippen molar-refractivity contribution in [3.05, 3.63) is 28.6 Å². The minimum Gasteiger partial charge on any atom is -0.488 e. The number of hydrogen-bond donors (Lipinski definition) is 0. The van der Waals surface area contributed by atoms with Crippen LogP contribution in [0.2, 0.25) is 0 Å². The number of rotatable bonds is 3. The van der Waals surface area contributed by atoms with Crippen LogP contribution in [0.25, 0.3) is 0 Å². The third kappa shape index (κ3) is 2.16. The zero-order valence-corrected chi connectivity index (χ0v) is 8.85. The van der Waals surface area contributed by atoms with E-state index in [1.807, 2.05) is 0 Å². The Kier molecular flexibility index (Phi) is 3.95. The highest BCUT2D eigenvalue weighted by Gasteiger charge is 2.26. The monoisotopic (exact) mass is 240 g/mol. The molecule has 0 aliphatic carbocycles. The Morgan fingerprint density at radius 1 is 1.00 bits per heavy atom. The Hall–Kier alpha value is -2.21. The normalized spacial score (nSPS) is 9.53. The van der Waals surface area contributed by atoms with Gasteiger partial charge in [-0.1, -0.05) is 6.92 Å². The summed E-state index contributed by atoms with van der Waals surface area (Å²) >= 11 is 0. The lowest BCUT2D eigenvalue weighted by molar-refractivity contribution is 0.278. The van der Waals surface area contributed by atoms with Crippen LogP contribution in [0, 0.1) is 40.1 Å². The molecular weight excluding hydrogens is 233 g/mol. The molecular formula is C11H7F3N2O. The Balaban J connectivity index is 3.50. The molecule has 0 atom stereocenters. The van der Waals surface area contributed by atoms with Gasteiger partial charge in [0.15, 0.2) is 17.4 Å². The van der Waals surface area contributed by atoms with Crippen molar-refractivity contribution in [3.8, 4) is 17.9 Å². The van der Waals surface area contributed by atoms with Crippen LogP contribution in [0.1, 0.15) is 24.5 Å². The number of nitrogens with zero attached hydrogens (tertiary/aromatic N) is 2. The van der Waals surface area contributed by atoms with E-state index in [1.54, 1.807) is 6.92 Å². The van der Waals surface area contributed by atoms with Crippen LogP contribution in [-0.4, -0.2) is 6.61 Å². The van der Waals surface area contributed by atoms with Crippen LogP contribution in [0.3, 0.4) is 0 Å². The zero-order chi connectivity index (χ0) is 13.0. The van der Waals surface area contributed by atoms with Gasteiger partial charge in [-0.25, -0.2) is 8.78 Å². The first-order valence-corrected chi connectivity index (χ1v) is 4.71. The fourth-order valence-corrected chi connectivity index (χ4v) is 1.18. The molecule has 1 aromatic carbocycles. The fraction of sp³-hybridized carbons (Fsp3) is 0.273. The van der Waals surface area contributed by atoms with Crippen LogP contribution >= 0.6 is 0 Å². The summed E-state index contributed by atoms with van der Waals surface area (Å²) in [5.74, 6) is -5.47. The summed E-state index contributed by atoms with van der Waals surface area (Å²) in [6.07, 6.45) is 0.461. The molecule has 17 heavy (non-hydrogen) atoms. The fourth-order valence-electron chi connectivity index (χ4n) is 1.18. The first kappa shape index (κ1) is 12.9. The Morgan fingerprint density at radius 3 is 2.00 bits per heavy atom. The quantitative estimate of drug-likeness (QED) is 0.763. The van der Waals surface area contributed by atoms with E-state index in [0.717, 1.165) is 0 Å². The van der Waals surface area contributed by atoms with E-state index in [9.17, 15) is 13.2 Å². The van der Waals surface area contributed by atoms with Gasteiger partial charge in [0.25, 0.3) is 0 Å². The maximum absolute atomic E-state index is 13.6. The molecule has 88 valence electrons. The summed E-state index contributed by atoms with van der Waals surface area (Å²) in [5.41, 5.74) is -1.80. The van der Waals surface area contributed by atoms with Gasteiger partial charge in [-0.05, 0) is 6.42 Å². The van der Waals surface area contributed by atoms with E-state index >= 15 is 0 Å². The van der Waals surface area contributed by atoms with Gasteiger partial charge >= 0.3 is 0 Å². The lowest BCUT2D eigenvalue weighted by atomic mass is 10.1. The van der Waals surface area contributed by atoms with E-state index < -0.39 is 34.3 Å². The molecule has 0 aliphatic rings. The van der Waals surface area contributed by atoms with Crippen molar-refractivity contribution in [2.24, 2.45) is 0 Å². The minimum atomic E-state index is -1.59. The molecule has 0 amide bonds. The Labute approximate surface area is 95.7 Å². The van der Waals surface area contributed by atoms with Crippen LogP contribution < -0.4 is 4.74 Å². The minimum absolute atomic E-state index is 0.0238. The van der Waals surface area contributed by atoms with Crippen molar-refractivity contribution in [2.75, 3.05) is 6.61 Å². The summed E-state index contributed by atoms with van der Waals surface area (Å²) in [5, 5.41) is 17.1. The molecule has 1 aromatic rings. The van der Waals surface area contributed by atoms with Gasteiger partial charge in [0, 0.05) is 0 Å². The molecule has 0 N–H and O–H groups in total. The van der Waals surface area contributed by atoms with Gasteiger partial charge in [0.05, 0.1) is 6.61 Å². The SMILES string of the molecule is CCCOc1c(F)c(F)c(C#N)c(C#N)c1F. The molecule has 0 radical (unpaired) electrons. The topological polar surface area (TPSA) is 56.8 Å². The first-order chi connectivity index (χ1) is 8.08. The van der Waals surface area contributed by atoms with Crippen molar-refractivity contribution in [1.82, 2.24) is 0 Å². The molecule has 0 spiro atoms. The van der Waals surface area contributed by atoms with Crippen LogP contribution in [0.5, 0.6) is 5.75 Å². The molecule has 0 aliphatic heterocycles. The molecule has 0 saturated heterocycles. The van der Waals surface area contributed by atoms with Crippen molar-refractivity contribution >= 4 is 0 Å². The van der Waals surface area contributed by atoms with E-state index in [2.05, 4.69) is 4.74 Å². The molecule has 0 bridgehead atoms. The molecule has 0 fully saturated rings. The van der Waals surface area contributed by atoms with E-state index in [4.69, 9.17) is 10.5 Å². The molecule has 0 aromatic heterocycles. The second-order valence-corrected chi connectivity index (χ2v) is 3.09. The maximum Gasteiger partial charge on any atom is 0.205 e. The maximum atomic E-state index is 13.6. The molecule has 6 heteroatoms. The lowest BCUT2D eigenvalue weighted by Gasteiger charge is -2.09. The van der Waals surface area contributed by atoms with Crippen molar-refractivity contribution < 1.29 is 17.9 Å². The van der Waals surface area contributed by atoms with Gasteiger partial charge in [0.1, 0.15) is 23.3 Å². The third-order valence-electron chi connectivity index (χ3n) is 1.95. The summed E-state index contributed by atoms with van der Waals surface area (Å²) in [6, 6.07) is 2.56. The van der Waals surface area contributed by atoms with Crippen LogP contribution in [0.15, 0.2) is 0 Å². The molecule has 3 nitrogen and oxygen atoms in total. The summed E-state index contributed by atoms with van der Waals surface area (Å²) in [4.78, 5) is 0. The average Bonchev–Trinajstić information content (AvgIpc) is 2.33. The molecule has 0 saturated carbocycles. The average molecular weight is 240 g/mol. The standard InChI is InChI=1S/C11H7F3N2O/c1-2-3-17-11-9(13)7(5-16)6(4-15)8(12)10(11)14/h2-3H2,1H3. The first-order valence-electron chi connectivity index (χ1n) is 4.71. The zero-order valence-electron chi connectivity index (χ0n) is 8.85. The third-order valence-corrected chi connectivity index (χ3v) is 1.95. The second kappa shape index (κ2) is 5.22. The smallest absolute Gasteiger partial charge is 0.205 e.